The van der Waals surface area contributed by atoms with Gasteiger partial charge in [-0.1, -0.05) is 12.1 Å². The molecular weight excluding hydrogens is 424 g/mol. The van der Waals surface area contributed by atoms with Gasteiger partial charge in [0, 0.05) is 18.0 Å². The number of alkyl halides is 5. The van der Waals surface area contributed by atoms with E-state index in [1.807, 2.05) is 0 Å². The van der Waals surface area contributed by atoms with E-state index in [-0.39, 0.29) is 36.1 Å². The molecule has 0 N–H and O–H groups in total. The number of piperidine rings is 1. The van der Waals surface area contributed by atoms with E-state index in [1.165, 1.54) is 31.2 Å². The Morgan fingerprint density at radius 3 is 2.35 bits per heavy atom. The lowest BCUT2D eigenvalue weighted by atomic mass is 9.86. The molecule has 9 heteroatoms. The minimum atomic E-state index is -4.45. The zero-order valence-corrected chi connectivity index (χ0v) is 16.6. The van der Waals surface area contributed by atoms with Crippen LogP contribution in [-0.2, 0) is 10.9 Å². The van der Waals surface area contributed by atoms with E-state index in [9.17, 15) is 31.1 Å². The zero-order chi connectivity index (χ0) is 22.8. The van der Waals surface area contributed by atoms with Crippen LogP contribution in [-0.4, -0.2) is 31.6 Å². The number of carbonyl (C=O) groups excluding carboxylic acids is 1. The predicted octanol–water partition coefficient (Wildman–Crippen LogP) is 6.04. The Hall–Kier alpha value is -2.55. The Morgan fingerprint density at radius 1 is 1.13 bits per heavy atom. The second-order valence-corrected chi connectivity index (χ2v) is 7.52. The zero-order valence-electron chi connectivity index (χ0n) is 16.6. The fourth-order valence-corrected chi connectivity index (χ4v) is 3.85. The van der Waals surface area contributed by atoms with Crippen LogP contribution < -0.4 is 4.90 Å². The van der Waals surface area contributed by atoms with Crippen LogP contribution in [0.25, 0.3) is 0 Å². The summed E-state index contributed by atoms with van der Waals surface area (Å²) in [4.78, 5) is 13.1. The maximum absolute atomic E-state index is 14.8. The Labute approximate surface area is 175 Å². The fourth-order valence-electron chi connectivity index (χ4n) is 3.85. The number of hydrogen-bond acceptors (Lipinski definition) is 3. The molecule has 2 aromatic carbocycles. The summed E-state index contributed by atoms with van der Waals surface area (Å²) >= 11 is 0. The van der Waals surface area contributed by atoms with Gasteiger partial charge in [0.2, 0.25) is 0 Å². The van der Waals surface area contributed by atoms with E-state index < -0.39 is 30.2 Å². The summed E-state index contributed by atoms with van der Waals surface area (Å²) in [7, 11) is 0. The number of ether oxygens (including phenoxy) is 1. The van der Waals surface area contributed by atoms with Gasteiger partial charge >= 0.3 is 12.8 Å². The van der Waals surface area contributed by atoms with E-state index in [0.29, 0.717) is 18.4 Å². The maximum Gasteiger partial charge on any atom is 0.416 e. The maximum atomic E-state index is 14.8. The lowest BCUT2D eigenvalue weighted by Gasteiger charge is -2.41. The predicted molar refractivity (Wildman–Crippen MR) is 103 cm³/mol. The molecule has 1 aliphatic rings. The van der Waals surface area contributed by atoms with Gasteiger partial charge in [0.05, 0.1) is 23.9 Å². The number of carbonyl (C=O) groups is 1. The van der Waals surface area contributed by atoms with E-state index >= 15 is 0 Å². The van der Waals surface area contributed by atoms with E-state index in [0.717, 1.165) is 18.2 Å². The van der Waals surface area contributed by atoms with Crippen LogP contribution in [0.3, 0.4) is 0 Å². The Morgan fingerprint density at radius 2 is 1.81 bits per heavy atom. The second-order valence-electron chi connectivity index (χ2n) is 7.52. The van der Waals surface area contributed by atoms with Crippen LogP contribution in [0.5, 0.6) is 0 Å². The average Bonchev–Trinajstić information content (AvgIpc) is 2.71. The van der Waals surface area contributed by atoms with E-state index in [4.69, 9.17) is 0 Å². The average molecular weight is 445 g/mol. The number of hydrogen-bond donors (Lipinski definition) is 0. The number of anilines is 1. The van der Waals surface area contributed by atoms with Crippen LogP contribution in [0.1, 0.15) is 47.2 Å². The first kappa shape index (κ1) is 23.1. The molecule has 3 rings (SSSR count). The highest BCUT2D eigenvalue weighted by atomic mass is 19.4. The third kappa shape index (κ3) is 5.58. The van der Waals surface area contributed by atoms with Crippen molar-refractivity contribution in [3.63, 3.8) is 0 Å². The molecule has 0 amide bonds. The molecule has 31 heavy (non-hydrogen) atoms. The van der Waals surface area contributed by atoms with Crippen molar-refractivity contribution >= 4 is 11.5 Å². The standard InChI is InChI=1S/C22H21F6NO2/c1-13(30)15-5-9-20(19(23)10-15)29-11-16(4-8-18(29)12-31-21(24)25)14-2-6-17(7-3-14)22(26,27)28/h2-3,5-7,9-10,16,18,21H,4,8,11-12H2,1H3/t16-,18-/m0/s1. The van der Waals surface area contributed by atoms with Crippen molar-refractivity contribution in [3.8, 4) is 0 Å². The molecule has 0 spiro atoms. The number of rotatable bonds is 6. The monoisotopic (exact) mass is 445 g/mol. The van der Waals surface area contributed by atoms with Gasteiger partial charge in [-0.15, -0.1) is 0 Å². The van der Waals surface area contributed by atoms with Crippen LogP contribution in [0, 0.1) is 5.82 Å². The summed E-state index contributed by atoms with van der Waals surface area (Å²) in [6.07, 6.45) is -3.55. The van der Waals surface area contributed by atoms with Gasteiger partial charge in [-0.05, 0) is 55.7 Å². The lowest BCUT2D eigenvalue weighted by Crippen LogP contribution is -2.46. The van der Waals surface area contributed by atoms with Gasteiger partial charge in [-0.25, -0.2) is 4.39 Å². The Balaban J connectivity index is 1.87. The van der Waals surface area contributed by atoms with Crippen molar-refractivity contribution in [3.05, 3.63) is 65.0 Å². The molecule has 1 aliphatic heterocycles. The van der Waals surface area contributed by atoms with Crippen molar-refractivity contribution < 1.29 is 35.9 Å². The Bertz CT molecular complexity index is 913. The molecule has 0 radical (unpaired) electrons. The van der Waals surface area contributed by atoms with Crippen LogP contribution in [0.4, 0.5) is 32.0 Å². The van der Waals surface area contributed by atoms with E-state index in [2.05, 4.69) is 4.74 Å². The summed E-state index contributed by atoms with van der Waals surface area (Å²) in [5.74, 6) is -1.22. The second kappa shape index (κ2) is 9.30. The lowest BCUT2D eigenvalue weighted by molar-refractivity contribution is -0.137. The fraction of sp³-hybridized carbons (Fsp3) is 0.409. The van der Waals surface area contributed by atoms with Crippen molar-refractivity contribution in [2.45, 2.75) is 44.5 Å². The molecule has 2 aromatic rings. The molecule has 1 saturated heterocycles. The highest BCUT2D eigenvalue weighted by Gasteiger charge is 2.33. The first-order valence-corrected chi connectivity index (χ1v) is 9.70. The van der Waals surface area contributed by atoms with Gasteiger partial charge in [-0.3, -0.25) is 4.79 Å². The molecule has 1 heterocycles. The van der Waals surface area contributed by atoms with E-state index in [1.54, 1.807) is 4.90 Å². The first-order valence-electron chi connectivity index (χ1n) is 9.70. The summed E-state index contributed by atoms with van der Waals surface area (Å²) in [5, 5.41) is 0. The van der Waals surface area contributed by atoms with Gasteiger partial charge < -0.3 is 9.64 Å². The molecular formula is C22H21F6NO2. The molecule has 1 fully saturated rings. The molecule has 3 nitrogen and oxygen atoms in total. The normalized spacial score (nSPS) is 19.7. The van der Waals surface area contributed by atoms with Crippen molar-refractivity contribution in [2.24, 2.45) is 0 Å². The van der Waals surface area contributed by atoms with Gasteiger partial charge in [0.1, 0.15) is 5.82 Å². The minimum absolute atomic E-state index is 0.129. The van der Waals surface area contributed by atoms with Gasteiger partial charge in [0.25, 0.3) is 0 Å². The minimum Gasteiger partial charge on any atom is -0.363 e. The number of nitrogens with zero attached hydrogens (tertiary/aromatic N) is 1. The molecule has 0 aromatic heterocycles. The highest BCUT2D eigenvalue weighted by Crippen LogP contribution is 2.36. The smallest absolute Gasteiger partial charge is 0.363 e. The van der Waals surface area contributed by atoms with Crippen molar-refractivity contribution in [1.82, 2.24) is 0 Å². The van der Waals surface area contributed by atoms with Crippen molar-refractivity contribution in [1.29, 1.82) is 0 Å². The largest absolute Gasteiger partial charge is 0.416 e. The molecule has 168 valence electrons. The first-order chi connectivity index (χ1) is 14.6. The highest BCUT2D eigenvalue weighted by molar-refractivity contribution is 5.94. The number of benzene rings is 2. The van der Waals surface area contributed by atoms with Crippen LogP contribution >= 0.6 is 0 Å². The summed E-state index contributed by atoms with van der Waals surface area (Å²) < 4.78 is 82.9. The third-order valence-corrected chi connectivity index (χ3v) is 5.49. The quantitative estimate of drug-likeness (QED) is 0.401. The molecule has 0 aliphatic carbocycles. The molecule has 0 unspecified atom stereocenters. The summed E-state index contributed by atoms with van der Waals surface area (Å²) in [6, 6.07) is 8.17. The van der Waals surface area contributed by atoms with Gasteiger partial charge in [-0.2, -0.15) is 22.0 Å². The summed E-state index contributed by atoms with van der Waals surface area (Å²) in [5.41, 5.74) is 0.187. The molecule has 0 bridgehead atoms. The topological polar surface area (TPSA) is 29.5 Å². The molecule has 2 atom stereocenters. The Kier molecular flexibility index (Phi) is 6.93. The SMILES string of the molecule is CC(=O)c1ccc(N2C[C@@H](c3ccc(C(F)(F)F)cc3)CC[C@H]2COC(F)F)c(F)c1. The van der Waals surface area contributed by atoms with Crippen LogP contribution in [0.15, 0.2) is 42.5 Å². The number of ketones is 1. The van der Waals surface area contributed by atoms with Crippen LogP contribution in [0.2, 0.25) is 0 Å². The molecule has 0 saturated carbocycles. The number of halogens is 6. The third-order valence-electron chi connectivity index (χ3n) is 5.49. The summed E-state index contributed by atoms with van der Waals surface area (Å²) in [6.45, 7) is -1.79. The van der Waals surface area contributed by atoms with Crippen molar-refractivity contribution in [2.75, 3.05) is 18.1 Å². The number of Topliss-reactive ketones (excluding diaryl/α,β-unsaturated/α-hetero) is 1. The van der Waals surface area contributed by atoms with Gasteiger partial charge in [0.15, 0.2) is 5.78 Å².